The van der Waals surface area contributed by atoms with E-state index in [1.54, 1.807) is 12.1 Å². The van der Waals surface area contributed by atoms with Gasteiger partial charge >= 0.3 is 5.97 Å². The van der Waals surface area contributed by atoms with Gasteiger partial charge in [0, 0.05) is 19.1 Å². The molecule has 1 amide bonds. The van der Waals surface area contributed by atoms with Crippen LogP contribution < -0.4 is 4.74 Å². The van der Waals surface area contributed by atoms with Gasteiger partial charge < -0.3 is 14.7 Å². The van der Waals surface area contributed by atoms with Crippen LogP contribution in [0.3, 0.4) is 0 Å². The molecule has 0 atom stereocenters. The van der Waals surface area contributed by atoms with Crippen molar-refractivity contribution >= 4 is 11.9 Å². The highest BCUT2D eigenvalue weighted by Gasteiger charge is 2.28. The van der Waals surface area contributed by atoms with E-state index in [4.69, 9.17) is 9.84 Å². The zero-order valence-electron chi connectivity index (χ0n) is 16.1. The minimum absolute atomic E-state index is 0.0445. The van der Waals surface area contributed by atoms with E-state index < -0.39 is 5.97 Å². The molecule has 1 N–H and O–H groups in total. The number of hydrogen-bond donors (Lipinski definition) is 1. The Bertz CT molecular complexity index is 801. The number of amides is 1. The van der Waals surface area contributed by atoms with Gasteiger partial charge in [0.05, 0.1) is 12.1 Å². The van der Waals surface area contributed by atoms with Crippen molar-refractivity contribution in [2.75, 3.05) is 26.2 Å². The van der Waals surface area contributed by atoms with Gasteiger partial charge in [-0.2, -0.15) is 0 Å². The Morgan fingerprint density at radius 3 is 2.36 bits per heavy atom. The number of rotatable bonds is 7. The van der Waals surface area contributed by atoms with Gasteiger partial charge in [0.15, 0.2) is 0 Å². The molecule has 0 radical (unpaired) electrons. The number of likely N-dealkylation sites (N-methyl/N-ethyl adjacent to an activating group) is 1. The fraction of sp³-hybridized carbons (Fsp3) is 0.364. The van der Waals surface area contributed by atoms with Crippen LogP contribution in [-0.2, 0) is 4.79 Å². The summed E-state index contributed by atoms with van der Waals surface area (Å²) in [7, 11) is 0. The molecule has 1 aliphatic heterocycles. The minimum Gasteiger partial charge on any atom is -0.480 e. The van der Waals surface area contributed by atoms with Gasteiger partial charge in [0.25, 0.3) is 5.91 Å². The van der Waals surface area contributed by atoms with Crippen molar-refractivity contribution < 1.29 is 19.4 Å². The van der Waals surface area contributed by atoms with Crippen LogP contribution in [0.25, 0.3) is 0 Å². The van der Waals surface area contributed by atoms with Gasteiger partial charge in [0.1, 0.15) is 11.5 Å². The monoisotopic (exact) mass is 382 g/mol. The Kier molecular flexibility index (Phi) is 6.66. The minimum atomic E-state index is -0.813. The first-order chi connectivity index (χ1) is 13.6. The number of aliphatic carboxylic acids is 1. The molecule has 0 bridgehead atoms. The molecule has 0 unspecified atom stereocenters. The average Bonchev–Trinajstić information content (AvgIpc) is 2.73. The van der Waals surface area contributed by atoms with E-state index in [1.165, 1.54) is 0 Å². The number of carbonyl (C=O) groups is 2. The number of carboxylic acids is 1. The van der Waals surface area contributed by atoms with E-state index in [-0.39, 0.29) is 18.5 Å². The lowest BCUT2D eigenvalue weighted by atomic mass is 10.0. The molecule has 1 fully saturated rings. The summed E-state index contributed by atoms with van der Waals surface area (Å²) >= 11 is 0. The maximum absolute atomic E-state index is 13.1. The molecule has 0 aliphatic carbocycles. The molecule has 0 aromatic heterocycles. The second-order valence-electron chi connectivity index (χ2n) is 6.89. The van der Waals surface area contributed by atoms with Crippen LogP contribution in [0.5, 0.6) is 11.5 Å². The summed E-state index contributed by atoms with van der Waals surface area (Å²) in [5, 5.41) is 9.07. The summed E-state index contributed by atoms with van der Waals surface area (Å²) < 4.78 is 5.92. The third-order valence-electron chi connectivity index (χ3n) is 5.10. The number of piperidine rings is 1. The molecule has 1 aliphatic rings. The molecular weight excluding hydrogens is 356 g/mol. The Morgan fingerprint density at radius 2 is 1.71 bits per heavy atom. The van der Waals surface area contributed by atoms with Gasteiger partial charge in [0.2, 0.25) is 0 Å². The maximum Gasteiger partial charge on any atom is 0.317 e. The lowest BCUT2D eigenvalue weighted by molar-refractivity contribution is -0.139. The number of ether oxygens (including phenoxy) is 1. The molecule has 0 saturated carbocycles. The first-order valence-electron chi connectivity index (χ1n) is 9.65. The standard InChI is InChI=1S/C22H26N2O4/c1-2-23(16-21(25)26)17-12-14-24(15-13-17)22(27)19-10-6-7-11-20(19)28-18-8-4-3-5-9-18/h3-11,17H,2,12-16H2,1H3,(H,25,26). The summed E-state index contributed by atoms with van der Waals surface area (Å²) in [5.41, 5.74) is 0.544. The molecule has 1 heterocycles. The summed E-state index contributed by atoms with van der Waals surface area (Å²) in [6.07, 6.45) is 1.54. The van der Waals surface area contributed by atoms with E-state index in [2.05, 4.69) is 0 Å². The van der Waals surface area contributed by atoms with Crippen LogP contribution in [0.15, 0.2) is 54.6 Å². The van der Waals surface area contributed by atoms with Crippen molar-refractivity contribution in [2.24, 2.45) is 0 Å². The van der Waals surface area contributed by atoms with E-state index in [1.807, 2.05) is 59.2 Å². The Balaban J connectivity index is 1.66. The van der Waals surface area contributed by atoms with Crippen LogP contribution >= 0.6 is 0 Å². The van der Waals surface area contributed by atoms with Crippen molar-refractivity contribution in [3.63, 3.8) is 0 Å². The zero-order chi connectivity index (χ0) is 19.9. The molecule has 2 aromatic carbocycles. The van der Waals surface area contributed by atoms with Crippen LogP contribution in [0.4, 0.5) is 0 Å². The number of nitrogens with zero attached hydrogens (tertiary/aromatic N) is 2. The first-order valence-corrected chi connectivity index (χ1v) is 9.65. The summed E-state index contributed by atoms with van der Waals surface area (Å²) in [6.45, 7) is 3.93. The number of carboxylic acid groups (broad SMARTS) is 1. The predicted octanol–water partition coefficient (Wildman–Crippen LogP) is 3.49. The highest BCUT2D eigenvalue weighted by Crippen LogP contribution is 2.27. The van der Waals surface area contributed by atoms with Crippen LogP contribution in [0.1, 0.15) is 30.1 Å². The summed E-state index contributed by atoms with van der Waals surface area (Å²) in [5.74, 6) is 0.370. The van der Waals surface area contributed by atoms with E-state index in [9.17, 15) is 9.59 Å². The highest BCUT2D eigenvalue weighted by molar-refractivity contribution is 5.97. The van der Waals surface area contributed by atoms with Crippen molar-refractivity contribution in [1.29, 1.82) is 0 Å². The van der Waals surface area contributed by atoms with Gasteiger partial charge in [-0.3, -0.25) is 14.5 Å². The van der Waals surface area contributed by atoms with E-state index in [0.717, 1.165) is 12.8 Å². The number of benzene rings is 2. The molecule has 28 heavy (non-hydrogen) atoms. The van der Waals surface area contributed by atoms with Gasteiger partial charge in [-0.25, -0.2) is 0 Å². The summed E-state index contributed by atoms with van der Waals surface area (Å²) in [4.78, 5) is 27.9. The van der Waals surface area contributed by atoms with E-state index >= 15 is 0 Å². The molecule has 1 saturated heterocycles. The fourth-order valence-corrected chi connectivity index (χ4v) is 3.63. The van der Waals surface area contributed by atoms with Gasteiger partial charge in [-0.05, 0) is 43.7 Å². The van der Waals surface area contributed by atoms with Crippen molar-refractivity contribution in [2.45, 2.75) is 25.8 Å². The number of carbonyl (C=O) groups excluding carboxylic acids is 1. The topological polar surface area (TPSA) is 70.1 Å². The molecule has 148 valence electrons. The quantitative estimate of drug-likeness (QED) is 0.794. The molecular formula is C22H26N2O4. The molecule has 2 aromatic rings. The summed E-state index contributed by atoms with van der Waals surface area (Å²) in [6, 6.07) is 16.9. The average molecular weight is 382 g/mol. The normalized spacial score (nSPS) is 14.9. The first kappa shape index (κ1) is 19.9. The second kappa shape index (κ2) is 9.37. The maximum atomic E-state index is 13.1. The fourth-order valence-electron chi connectivity index (χ4n) is 3.63. The van der Waals surface area contributed by atoms with Crippen LogP contribution in [-0.4, -0.2) is 59.0 Å². The van der Waals surface area contributed by atoms with E-state index in [0.29, 0.717) is 36.7 Å². The lowest BCUT2D eigenvalue weighted by Gasteiger charge is -2.37. The van der Waals surface area contributed by atoms with Crippen molar-refractivity contribution in [3.8, 4) is 11.5 Å². The van der Waals surface area contributed by atoms with Gasteiger partial charge in [-0.1, -0.05) is 37.3 Å². The number of para-hydroxylation sites is 2. The lowest BCUT2D eigenvalue weighted by Crippen LogP contribution is -2.48. The smallest absolute Gasteiger partial charge is 0.317 e. The van der Waals surface area contributed by atoms with Gasteiger partial charge in [-0.15, -0.1) is 0 Å². The Hall–Kier alpha value is -2.86. The highest BCUT2D eigenvalue weighted by atomic mass is 16.5. The molecule has 6 nitrogen and oxygen atoms in total. The third kappa shape index (κ3) is 4.89. The number of likely N-dealkylation sites (tertiary alicyclic amines) is 1. The van der Waals surface area contributed by atoms with Crippen LogP contribution in [0.2, 0.25) is 0 Å². The van der Waals surface area contributed by atoms with Crippen molar-refractivity contribution in [3.05, 3.63) is 60.2 Å². The molecule has 3 rings (SSSR count). The van der Waals surface area contributed by atoms with Crippen molar-refractivity contribution in [1.82, 2.24) is 9.80 Å². The zero-order valence-corrected chi connectivity index (χ0v) is 16.1. The largest absolute Gasteiger partial charge is 0.480 e. The second-order valence-corrected chi connectivity index (χ2v) is 6.89. The third-order valence-corrected chi connectivity index (χ3v) is 5.10. The molecule has 6 heteroatoms. The van der Waals surface area contributed by atoms with Crippen LogP contribution in [0, 0.1) is 0 Å². The SMILES string of the molecule is CCN(CC(=O)O)C1CCN(C(=O)c2ccccc2Oc2ccccc2)CC1. The Labute approximate surface area is 165 Å². The Morgan fingerprint density at radius 1 is 1.07 bits per heavy atom. The molecule has 0 spiro atoms. The predicted molar refractivity (Wildman–Crippen MR) is 107 cm³/mol. The number of hydrogen-bond acceptors (Lipinski definition) is 4.